The maximum atomic E-state index is 12.9. The van der Waals surface area contributed by atoms with Crippen molar-refractivity contribution in [1.82, 2.24) is 5.32 Å². The number of hydrogen-bond acceptors (Lipinski definition) is 9. The third kappa shape index (κ3) is 20.3. The van der Waals surface area contributed by atoms with Crippen LogP contribution in [-0.4, -0.2) is 98.7 Å². The van der Waals surface area contributed by atoms with Crippen molar-refractivity contribution < 1.29 is 44.9 Å². The molecule has 8 unspecified atom stereocenters. The van der Waals surface area contributed by atoms with Gasteiger partial charge in [0.2, 0.25) is 5.91 Å². The van der Waals surface area contributed by atoms with Crippen LogP contribution in [0.1, 0.15) is 149 Å². The average Bonchev–Trinajstić information content (AvgIpc) is 3.08. The van der Waals surface area contributed by atoms with Gasteiger partial charge in [-0.15, -0.1) is 0 Å². The van der Waals surface area contributed by atoms with Gasteiger partial charge in [0.1, 0.15) is 30.5 Å². The van der Waals surface area contributed by atoms with Crippen LogP contribution < -0.4 is 5.32 Å². The standard InChI is InChI=1S/C38H71NO9/c1-3-5-7-9-11-13-15-16-17-19-20-22-24-26-31(41)30(29-47-38-36(45)35(44)34(43)33(28-40)48-38)39-37(46)32(42)27-25-23-21-18-14-12-10-8-6-4-2/h10,12,24,26,30-36,38,40-45H,3-9,11,13-23,25,27-29H2,1-2H3,(H,39,46)/b12-10-,26-24+. The molecule has 8 atom stereocenters. The third-order valence-electron chi connectivity index (χ3n) is 9.13. The van der Waals surface area contributed by atoms with E-state index in [4.69, 9.17) is 9.47 Å². The van der Waals surface area contributed by atoms with Crippen molar-refractivity contribution >= 4 is 5.91 Å². The first-order valence-electron chi connectivity index (χ1n) is 19.2. The molecule has 0 saturated carbocycles. The molecule has 1 aliphatic rings. The Balaban J connectivity index is 2.55. The summed E-state index contributed by atoms with van der Waals surface area (Å²) in [5.74, 6) is -0.630. The first-order valence-corrected chi connectivity index (χ1v) is 19.2. The lowest BCUT2D eigenvalue weighted by Gasteiger charge is -2.40. The number of allylic oxidation sites excluding steroid dienone is 3. The van der Waals surface area contributed by atoms with Gasteiger partial charge in [0.15, 0.2) is 6.29 Å². The zero-order valence-electron chi connectivity index (χ0n) is 30.1. The molecule has 1 saturated heterocycles. The Morgan fingerprint density at radius 3 is 1.81 bits per heavy atom. The normalized spacial score (nSPS) is 23.5. The lowest BCUT2D eigenvalue weighted by Crippen LogP contribution is -2.60. The maximum Gasteiger partial charge on any atom is 0.249 e. The number of hydrogen-bond donors (Lipinski definition) is 7. The molecule has 0 spiro atoms. The highest BCUT2D eigenvalue weighted by molar-refractivity contribution is 5.80. The van der Waals surface area contributed by atoms with Crippen molar-refractivity contribution in [3.63, 3.8) is 0 Å². The highest BCUT2D eigenvalue weighted by atomic mass is 16.7. The summed E-state index contributed by atoms with van der Waals surface area (Å²) in [6.07, 6.45) is 21.3. The van der Waals surface area contributed by atoms with Crippen molar-refractivity contribution in [2.24, 2.45) is 0 Å². The predicted molar refractivity (Wildman–Crippen MR) is 190 cm³/mol. The number of carbonyl (C=O) groups is 1. The summed E-state index contributed by atoms with van der Waals surface area (Å²) >= 11 is 0. The molecule has 0 aromatic carbocycles. The van der Waals surface area contributed by atoms with E-state index in [2.05, 4.69) is 31.3 Å². The number of aliphatic hydroxyl groups is 6. The Hall–Kier alpha value is -1.37. The molecule has 1 amide bonds. The fourth-order valence-electron chi connectivity index (χ4n) is 5.85. The Labute approximate surface area is 291 Å². The van der Waals surface area contributed by atoms with Crippen LogP contribution in [0, 0.1) is 0 Å². The minimum absolute atomic E-state index is 0.295. The number of unbranched alkanes of at least 4 members (excludes halogenated alkanes) is 17. The lowest BCUT2D eigenvalue weighted by atomic mass is 9.99. The monoisotopic (exact) mass is 686 g/mol. The quantitative estimate of drug-likeness (QED) is 0.0389. The number of ether oxygens (including phenoxy) is 2. The highest BCUT2D eigenvalue weighted by Gasteiger charge is 2.44. The van der Waals surface area contributed by atoms with E-state index in [1.54, 1.807) is 6.08 Å². The van der Waals surface area contributed by atoms with Crippen molar-refractivity contribution in [1.29, 1.82) is 0 Å². The summed E-state index contributed by atoms with van der Waals surface area (Å²) in [7, 11) is 0. The van der Waals surface area contributed by atoms with Gasteiger partial charge in [-0.1, -0.05) is 134 Å². The number of aliphatic hydroxyl groups excluding tert-OH is 6. The van der Waals surface area contributed by atoms with Gasteiger partial charge in [0.25, 0.3) is 0 Å². The Morgan fingerprint density at radius 2 is 1.23 bits per heavy atom. The molecule has 282 valence electrons. The molecular weight excluding hydrogens is 614 g/mol. The Bertz CT molecular complexity index is 824. The van der Waals surface area contributed by atoms with E-state index in [0.717, 1.165) is 51.4 Å². The molecule has 1 fully saturated rings. The summed E-state index contributed by atoms with van der Waals surface area (Å²) in [6.45, 7) is 3.51. The predicted octanol–water partition coefficient (Wildman–Crippen LogP) is 5.35. The number of nitrogens with one attached hydrogen (secondary N) is 1. The zero-order valence-corrected chi connectivity index (χ0v) is 30.1. The molecule has 0 aromatic heterocycles. The minimum atomic E-state index is -1.61. The maximum absolute atomic E-state index is 12.9. The molecule has 48 heavy (non-hydrogen) atoms. The van der Waals surface area contributed by atoms with Crippen LogP contribution in [0.15, 0.2) is 24.3 Å². The first kappa shape index (κ1) is 44.7. The SMILES string of the molecule is CCCC/C=C\CCCCCCC(O)C(=O)NC(COC1OC(CO)C(O)C(O)C1O)C(O)/C=C/CCCCCCCCCCCCC. The number of rotatable bonds is 30. The fourth-order valence-corrected chi connectivity index (χ4v) is 5.85. The van der Waals surface area contributed by atoms with Crippen LogP contribution in [0.3, 0.4) is 0 Å². The van der Waals surface area contributed by atoms with Gasteiger partial charge < -0.3 is 45.4 Å². The van der Waals surface area contributed by atoms with E-state index in [-0.39, 0.29) is 6.61 Å². The molecule has 0 radical (unpaired) electrons. The summed E-state index contributed by atoms with van der Waals surface area (Å²) in [6, 6.07) is -0.979. The van der Waals surface area contributed by atoms with Crippen molar-refractivity contribution in [2.45, 2.75) is 198 Å². The molecule has 0 aromatic rings. The van der Waals surface area contributed by atoms with Crippen LogP contribution in [0.4, 0.5) is 0 Å². The van der Waals surface area contributed by atoms with Crippen LogP contribution in [0.25, 0.3) is 0 Å². The lowest BCUT2D eigenvalue weighted by molar-refractivity contribution is -0.302. The van der Waals surface area contributed by atoms with E-state index in [1.165, 1.54) is 70.6 Å². The van der Waals surface area contributed by atoms with E-state index in [0.29, 0.717) is 12.8 Å². The van der Waals surface area contributed by atoms with Gasteiger partial charge in [-0.2, -0.15) is 0 Å². The Morgan fingerprint density at radius 1 is 0.708 bits per heavy atom. The fraction of sp³-hybridized carbons (Fsp3) is 0.868. The molecular formula is C38H71NO9. The van der Waals surface area contributed by atoms with E-state index in [1.807, 2.05) is 6.08 Å². The Kier molecular flexibility index (Phi) is 27.3. The van der Waals surface area contributed by atoms with Crippen molar-refractivity contribution in [3.8, 4) is 0 Å². The molecule has 0 aliphatic carbocycles. The van der Waals surface area contributed by atoms with E-state index < -0.39 is 61.5 Å². The van der Waals surface area contributed by atoms with Gasteiger partial charge in [0, 0.05) is 0 Å². The summed E-state index contributed by atoms with van der Waals surface area (Å²) in [5, 5.41) is 64.2. The highest BCUT2D eigenvalue weighted by Crippen LogP contribution is 2.22. The van der Waals surface area contributed by atoms with Crippen LogP contribution in [0.2, 0.25) is 0 Å². The molecule has 1 heterocycles. The van der Waals surface area contributed by atoms with E-state index >= 15 is 0 Å². The molecule has 7 N–H and O–H groups in total. The van der Waals surface area contributed by atoms with Gasteiger partial charge in [0.05, 0.1) is 25.4 Å². The van der Waals surface area contributed by atoms with Gasteiger partial charge in [-0.3, -0.25) is 4.79 Å². The van der Waals surface area contributed by atoms with Crippen LogP contribution >= 0.6 is 0 Å². The summed E-state index contributed by atoms with van der Waals surface area (Å²) in [5.41, 5.74) is 0. The smallest absolute Gasteiger partial charge is 0.249 e. The second kappa shape index (κ2) is 29.4. The van der Waals surface area contributed by atoms with Gasteiger partial charge in [-0.05, 0) is 38.5 Å². The second-order valence-electron chi connectivity index (χ2n) is 13.5. The molecule has 1 aliphatic heterocycles. The summed E-state index contributed by atoms with van der Waals surface area (Å²) in [4.78, 5) is 12.9. The second-order valence-corrected chi connectivity index (χ2v) is 13.5. The molecule has 0 bridgehead atoms. The molecule has 1 rings (SSSR count). The topological polar surface area (TPSA) is 169 Å². The summed E-state index contributed by atoms with van der Waals surface area (Å²) < 4.78 is 11.1. The number of amides is 1. The number of carbonyl (C=O) groups excluding carboxylic acids is 1. The largest absolute Gasteiger partial charge is 0.394 e. The van der Waals surface area contributed by atoms with Crippen molar-refractivity contribution in [2.75, 3.05) is 13.2 Å². The van der Waals surface area contributed by atoms with Gasteiger partial charge in [-0.25, -0.2) is 0 Å². The van der Waals surface area contributed by atoms with Crippen LogP contribution in [0.5, 0.6) is 0 Å². The minimum Gasteiger partial charge on any atom is -0.394 e. The first-order chi connectivity index (χ1) is 23.3. The van der Waals surface area contributed by atoms with Gasteiger partial charge >= 0.3 is 0 Å². The molecule has 10 nitrogen and oxygen atoms in total. The van der Waals surface area contributed by atoms with Crippen LogP contribution in [-0.2, 0) is 14.3 Å². The van der Waals surface area contributed by atoms with Crippen molar-refractivity contribution in [3.05, 3.63) is 24.3 Å². The third-order valence-corrected chi connectivity index (χ3v) is 9.13. The average molecular weight is 686 g/mol. The van der Waals surface area contributed by atoms with E-state index in [9.17, 15) is 35.4 Å². The zero-order chi connectivity index (χ0) is 35.4. The molecule has 10 heteroatoms.